The van der Waals surface area contributed by atoms with Crippen molar-refractivity contribution in [3.8, 4) is 17.1 Å². The second-order valence-corrected chi connectivity index (χ2v) is 7.01. The van der Waals surface area contributed by atoms with Gasteiger partial charge in [-0.05, 0) is 19.2 Å². The van der Waals surface area contributed by atoms with Crippen LogP contribution < -0.4 is 9.64 Å². The molecule has 7 heteroatoms. The van der Waals surface area contributed by atoms with Gasteiger partial charge >= 0.3 is 0 Å². The predicted octanol–water partition coefficient (Wildman–Crippen LogP) is 4.01. The average molecular weight is 378 g/mol. The summed E-state index contributed by atoms with van der Waals surface area (Å²) < 4.78 is 6.26. The summed E-state index contributed by atoms with van der Waals surface area (Å²) in [6.07, 6.45) is 1.24. The number of carbonyl (C=O) groups excluding carboxylic acids is 1. The third-order valence-corrected chi connectivity index (χ3v) is 4.93. The van der Waals surface area contributed by atoms with Crippen molar-refractivity contribution in [2.24, 2.45) is 0 Å². The minimum absolute atomic E-state index is 0.126. The summed E-state index contributed by atoms with van der Waals surface area (Å²) in [6, 6.07) is 15.5. The number of benzene rings is 2. The minimum atomic E-state index is -0.642. The number of thioether (sulfide) groups is 1. The maximum atomic E-state index is 12.6. The van der Waals surface area contributed by atoms with E-state index >= 15 is 0 Å². The van der Waals surface area contributed by atoms with Crippen molar-refractivity contribution in [2.75, 3.05) is 11.2 Å². The molecule has 1 aliphatic rings. The number of hydrogen-bond donors (Lipinski definition) is 0. The summed E-state index contributed by atoms with van der Waals surface area (Å²) >= 11 is 1.39. The highest BCUT2D eigenvalue weighted by atomic mass is 32.2. The van der Waals surface area contributed by atoms with Crippen LogP contribution in [0.5, 0.6) is 5.88 Å². The molecule has 2 aromatic carbocycles. The summed E-state index contributed by atoms with van der Waals surface area (Å²) in [7, 11) is 0. The van der Waals surface area contributed by atoms with Gasteiger partial charge in [-0.3, -0.25) is 9.69 Å². The first-order valence-corrected chi connectivity index (χ1v) is 9.72. The second-order valence-electron chi connectivity index (χ2n) is 6.24. The van der Waals surface area contributed by atoms with Crippen molar-refractivity contribution in [3.05, 3.63) is 59.7 Å². The molecule has 27 heavy (non-hydrogen) atoms. The topological polar surface area (TPSA) is 68.2 Å². The van der Waals surface area contributed by atoms with Crippen LogP contribution in [0, 0.1) is 6.92 Å². The largest absolute Gasteiger partial charge is 0.447 e. The fourth-order valence-corrected chi connectivity index (χ4v) is 3.38. The Hall–Kier alpha value is -2.93. The maximum absolute atomic E-state index is 12.6. The molecule has 0 saturated carbocycles. The molecule has 0 aliphatic carbocycles. The summed E-state index contributed by atoms with van der Waals surface area (Å²) in [5.74, 6) is 0.245. The SMILES string of the molecule is CSc1nnc2c(n1)OC(c1ccc(C)cc1)N(C(C)=O)c1ccccc1-2. The lowest BCUT2D eigenvalue weighted by atomic mass is 10.1. The molecule has 1 unspecified atom stereocenters. The van der Waals surface area contributed by atoms with Gasteiger partial charge < -0.3 is 4.74 Å². The zero-order valence-electron chi connectivity index (χ0n) is 15.2. The molecule has 3 aromatic rings. The van der Waals surface area contributed by atoms with Crippen molar-refractivity contribution in [3.63, 3.8) is 0 Å². The Morgan fingerprint density at radius 1 is 1.11 bits per heavy atom. The van der Waals surface area contributed by atoms with E-state index in [1.165, 1.54) is 18.7 Å². The number of anilines is 1. The lowest BCUT2D eigenvalue weighted by molar-refractivity contribution is -0.118. The van der Waals surface area contributed by atoms with Gasteiger partial charge in [0.2, 0.25) is 23.2 Å². The lowest BCUT2D eigenvalue weighted by Crippen LogP contribution is -2.36. The molecule has 2 heterocycles. The second kappa shape index (κ2) is 7.00. The van der Waals surface area contributed by atoms with Crippen molar-refractivity contribution in [2.45, 2.75) is 25.2 Å². The van der Waals surface area contributed by atoms with E-state index in [4.69, 9.17) is 4.74 Å². The van der Waals surface area contributed by atoms with Gasteiger partial charge in [-0.25, -0.2) is 0 Å². The van der Waals surface area contributed by atoms with E-state index in [0.717, 1.165) is 22.4 Å². The van der Waals surface area contributed by atoms with Crippen LogP contribution in [0.3, 0.4) is 0 Å². The highest BCUT2D eigenvalue weighted by Crippen LogP contribution is 2.43. The monoisotopic (exact) mass is 378 g/mol. The van der Waals surface area contributed by atoms with Gasteiger partial charge in [-0.2, -0.15) is 4.98 Å². The van der Waals surface area contributed by atoms with Crippen LogP contribution in [0.4, 0.5) is 5.69 Å². The summed E-state index contributed by atoms with van der Waals surface area (Å²) in [4.78, 5) is 18.8. The first kappa shape index (κ1) is 17.5. The lowest BCUT2D eigenvalue weighted by Gasteiger charge is -2.29. The Balaban J connectivity index is 1.96. The molecule has 4 rings (SSSR count). The van der Waals surface area contributed by atoms with Gasteiger partial charge in [-0.1, -0.05) is 59.8 Å². The Bertz CT molecular complexity index is 1010. The standard InChI is InChI=1S/C20H18N4O2S/c1-12-8-10-14(11-9-12)19-24(13(2)25)16-7-5-4-6-15(16)17-18(26-19)21-20(27-3)23-22-17/h4-11,19H,1-3H3. The zero-order valence-corrected chi connectivity index (χ0v) is 16.0. The van der Waals surface area contributed by atoms with E-state index in [1.807, 2.05) is 61.7 Å². The third kappa shape index (κ3) is 3.14. The Morgan fingerprint density at radius 3 is 2.56 bits per heavy atom. The number of hydrogen-bond acceptors (Lipinski definition) is 6. The molecule has 0 saturated heterocycles. The van der Waals surface area contributed by atoms with Crippen LogP contribution in [0.1, 0.15) is 24.3 Å². The summed E-state index contributed by atoms with van der Waals surface area (Å²) in [5.41, 5.74) is 4.02. The fourth-order valence-electron chi connectivity index (χ4n) is 3.09. The Kier molecular flexibility index (Phi) is 4.53. The van der Waals surface area contributed by atoms with Gasteiger partial charge in [0.25, 0.3) is 0 Å². The molecule has 1 aliphatic heterocycles. The van der Waals surface area contributed by atoms with E-state index in [9.17, 15) is 4.79 Å². The van der Waals surface area contributed by atoms with E-state index in [2.05, 4.69) is 15.2 Å². The predicted molar refractivity (Wildman–Crippen MR) is 105 cm³/mol. The van der Waals surface area contributed by atoms with Gasteiger partial charge in [0.1, 0.15) is 0 Å². The molecule has 0 N–H and O–H groups in total. The summed E-state index contributed by atoms with van der Waals surface area (Å²) in [5, 5.41) is 9.00. The van der Waals surface area contributed by atoms with Crippen molar-refractivity contribution >= 4 is 23.4 Å². The zero-order chi connectivity index (χ0) is 19.0. The molecule has 0 radical (unpaired) electrons. The number of ether oxygens (including phenoxy) is 1. The molecule has 6 nitrogen and oxygen atoms in total. The minimum Gasteiger partial charge on any atom is -0.447 e. The van der Waals surface area contributed by atoms with Crippen molar-refractivity contribution in [1.29, 1.82) is 0 Å². The molecule has 1 amide bonds. The van der Waals surface area contributed by atoms with Crippen LogP contribution in [0.25, 0.3) is 11.3 Å². The number of nitrogens with zero attached hydrogens (tertiary/aromatic N) is 4. The number of rotatable bonds is 2. The number of fused-ring (bicyclic) bond motifs is 3. The molecular formula is C20H18N4O2S. The van der Waals surface area contributed by atoms with Crippen molar-refractivity contribution in [1.82, 2.24) is 15.2 Å². The van der Waals surface area contributed by atoms with E-state index in [-0.39, 0.29) is 5.91 Å². The molecule has 1 atom stereocenters. The Morgan fingerprint density at radius 2 is 1.85 bits per heavy atom. The summed E-state index contributed by atoms with van der Waals surface area (Å²) in [6.45, 7) is 3.55. The normalized spacial score (nSPS) is 15.4. The first-order chi connectivity index (χ1) is 13.1. The van der Waals surface area contributed by atoms with Crippen LogP contribution in [-0.4, -0.2) is 27.3 Å². The first-order valence-electron chi connectivity index (χ1n) is 8.49. The van der Waals surface area contributed by atoms with Crippen LogP contribution >= 0.6 is 11.8 Å². The number of aromatic nitrogens is 3. The molecule has 136 valence electrons. The van der Waals surface area contributed by atoms with Gasteiger partial charge in [0, 0.05) is 18.1 Å². The molecule has 0 fully saturated rings. The van der Waals surface area contributed by atoms with Crippen molar-refractivity contribution < 1.29 is 9.53 Å². The highest BCUT2D eigenvalue weighted by Gasteiger charge is 2.34. The van der Waals surface area contributed by atoms with Gasteiger partial charge in [0.15, 0.2) is 5.69 Å². The number of aryl methyl sites for hydroxylation is 1. The molecule has 1 aromatic heterocycles. The van der Waals surface area contributed by atoms with E-state index < -0.39 is 6.23 Å². The molecule has 0 spiro atoms. The van der Waals surface area contributed by atoms with Crippen LogP contribution in [0.2, 0.25) is 0 Å². The molecule has 0 bridgehead atoms. The van der Waals surface area contributed by atoms with E-state index in [0.29, 0.717) is 16.7 Å². The van der Waals surface area contributed by atoms with Gasteiger partial charge in [-0.15, -0.1) is 10.2 Å². The quantitative estimate of drug-likeness (QED) is 0.628. The third-order valence-electron chi connectivity index (χ3n) is 4.40. The number of carbonyl (C=O) groups is 1. The highest BCUT2D eigenvalue weighted by molar-refractivity contribution is 7.98. The van der Waals surface area contributed by atoms with Crippen LogP contribution in [0.15, 0.2) is 53.7 Å². The average Bonchev–Trinajstić information content (AvgIpc) is 2.82. The maximum Gasteiger partial charge on any atom is 0.247 e. The number of amides is 1. The molecular weight excluding hydrogens is 360 g/mol. The van der Waals surface area contributed by atoms with Crippen LogP contribution in [-0.2, 0) is 4.79 Å². The van der Waals surface area contributed by atoms with E-state index in [1.54, 1.807) is 4.90 Å². The van der Waals surface area contributed by atoms with Gasteiger partial charge in [0.05, 0.1) is 5.69 Å². The Labute approximate surface area is 161 Å². The number of para-hydroxylation sites is 1. The smallest absolute Gasteiger partial charge is 0.247 e. The fraction of sp³-hybridized carbons (Fsp3) is 0.200.